The molecule has 0 aromatic heterocycles. The second-order valence-electron chi connectivity index (χ2n) is 16.0. The highest BCUT2D eigenvalue weighted by Gasteiger charge is 2.29. The molecule has 0 saturated carbocycles. The van der Waals surface area contributed by atoms with Gasteiger partial charge in [0.15, 0.2) is 17.4 Å². The van der Waals surface area contributed by atoms with Crippen molar-refractivity contribution >= 4 is 124 Å². The van der Waals surface area contributed by atoms with Crippen LogP contribution >= 0.6 is 23.2 Å². The van der Waals surface area contributed by atoms with Crippen LogP contribution in [0.25, 0.3) is 0 Å². The van der Waals surface area contributed by atoms with Crippen molar-refractivity contribution in [3.63, 3.8) is 0 Å². The molecule has 7 atom stereocenters. The van der Waals surface area contributed by atoms with Crippen LogP contribution in [0, 0.1) is 11.8 Å². The van der Waals surface area contributed by atoms with E-state index in [0.29, 0.717) is 22.9 Å². The van der Waals surface area contributed by atoms with Gasteiger partial charge >= 0.3 is 59.7 Å². The van der Waals surface area contributed by atoms with E-state index in [0.717, 1.165) is 5.57 Å². The number of cyclic esters (lactones) is 8. The third-order valence-corrected chi connectivity index (χ3v) is 9.24. The lowest BCUT2D eigenvalue weighted by Crippen LogP contribution is -2.42. The van der Waals surface area contributed by atoms with Crippen molar-refractivity contribution in [3.05, 3.63) is 36.5 Å². The number of ether oxygens (including phenoxy) is 8. The Labute approximate surface area is 449 Å². The maximum absolute atomic E-state index is 11.4. The van der Waals surface area contributed by atoms with Crippen molar-refractivity contribution in [1.29, 1.82) is 0 Å². The van der Waals surface area contributed by atoms with Gasteiger partial charge in [0, 0.05) is 23.6 Å². The van der Waals surface area contributed by atoms with E-state index in [4.69, 9.17) is 98.5 Å². The van der Waals surface area contributed by atoms with Gasteiger partial charge in [-0.3, -0.25) is 47.9 Å². The Hall–Kier alpha value is -6.98. The van der Waals surface area contributed by atoms with Gasteiger partial charge in [0.1, 0.15) is 56.6 Å². The van der Waals surface area contributed by atoms with Crippen molar-refractivity contribution in [3.8, 4) is 0 Å². The number of amides is 3. The van der Waals surface area contributed by atoms with E-state index in [9.17, 15) is 62.3 Å². The average Bonchev–Trinajstić information content (AvgIpc) is 3.49. The van der Waals surface area contributed by atoms with Crippen LogP contribution in [0.4, 0.5) is 14.4 Å². The first-order valence-corrected chi connectivity index (χ1v) is 23.0. The molecule has 9 N–H and O–H groups in total. The normalized spacial score (nSPS) is 22.4. The molecule has 0 aromatic rings. The number of nitrogens with one attached hydrogen (secondary N) is 3. The van der Waals surface area contributed by atoms with Gasteiger partial charge in [-0.25, -0.2) is 14.4 Å². The Balaban J connectivity index is 0. The van der Waals surface area contributed by atoms with Gasteiger partial charge in [-0.15, -0.1) is 23.2 Å². The SMILES string of the molecule is C=C(CCl)CCl.C=C1COC(=O)CC(N)C(=O)OC1.CC1COC(=O)CC(N)C(=O)OC1.[B]C(=O)NC(CC(=O)O)C(=O)O.[B]C(=O)NC1CC(=O)OCC(=C)COC1=O.[B]C(=O)NC1CC(=O)OCC(C)COC1=O. The second kappa shape index (κ2) is 39.4. The van der Waals surface area contributed by atoms with Gasteiger partial charge < -0.3 is 75.5 Å². The van der Waals surface area contributed by atoms with Crippen LogP contribution in [0.15, 0.2) is 36.5 Å². The van der Waals surface area contributed by atoms with Crippen molar-refractivity contribution in [2.45, 2.75) is 76.2 Å². The summed E-state index contributed by atoms with van der Waals surface area (Å²) in [6, 6.07) is -5.48. The highest BCUT2D eigenvalue weighted by Crippen LogP contribution is 2.09. The zero-order valence-corrected chi connectivity index (χ0v) is 42.9. The topological polar surface area (TPSA) is 424 Å². The fraction of sp³-hybridized carbons (Fsp3) is 0.558. The minimum absolute atomic E-state index is 0.00456. The fourth-order valence-corrected chi connectivity index (χ4v) is 4.92. The minimum atomic E-state index is -1.47. The average molecular weight is 1120 g/mol. The summed E-state index contributed by atoms with van der Waals surface area (Å²) < 4.78 is 38.5. The van der Waals surface area contributed by atoms with Gasteiger partial charge in [0.05, 0.1) is 58.5 Å². The quantitative estimate of drug-likeness (QED) is 0.0466. The highest BCUT2D eigenvalue weighted by atomic mass is 35.5. The Kier molecular flexibility index (Phi) is 36.9. The minimum Gasteiger partial charge on any atom is -0.481 e. The molecule has 4 aliphatic rings. The molecule has 4 fully saturated rings. The van der Waals surface area contributed by atoms with Gasteiger partial charge in [-0.1, -0.05) is 33.6 Å². The van der Waals surface area contributed by atoms with Crippen LogP contribution < -0.4 is 27.4 Å². The zero-order valence-electron chi connectivity index (χ0n) is 41.4. The van der Waals surface area contributed by atoms with E-state index < -0.39 is 114 Å². The van der Waals surface area contributed by atoms with Crippen LogP contribution in [0.5, 0.6) is 0 Å². The number of allylic oxidation sites excluding steroid dienone is 1. The highest BCUT2D eigenvalue weighted by molar-refractivity contribution is 6.57. The first-order chi connectivity index (χ1) is 35.4. The number of esters is 8. The Bertz CT molecular complexity index is 2080. The lowest BCUT2D eigenvalue weighted by Gasteiger charge is -2.14. The molecule has 0 bridgehead atoms. The summed E-state index contributed by atoms with van der Waals surface area (Å²) in [6.45, 7) is 15.2. The Morgan fingerprint density at radius 1 is 0.566 bits per heavy atom. The number of alkyl halides is 2. The van der Waals surface area contributed by atoms with E-state index in [1.807, 2.05) is 6.92 Å². The molecule has 0 aliphatic carbocycles. The molecule has 7 unspecified atom stereocenters. The molecule has 3 amide bonds. The molecule has 4 heterocycles. The van der Waals surface area contributed by atoms with Crippen molar-refractivity contribution in [2.75, 3.05) is 64.6 Å². The maximum atomic E-state index is 11.4. The van der Waals surface area contributed by atoms with E-state index >= 15 is 0 Å². The van der Waals surface area contributed by atoms with E-state index in [2.05, 4.69) is 38.2 Å². The molecule has 6 radical (unpaired) electrons. The Morgan fingerprint density at radius 3 is 1.26 bits per heavy atom. The van der Waals surface area contributed by atoms with Crippen molar-refractivity contribution in [2.24, 2.45) is 23.3 Å². The number of hydrogen-bond acceptors (Lipinski definition) is 23. The standard InChI is InChI=1S/C9H12BNO5.C9H10BNO5.C8H13NO4.C8H11NO4.C5H6BNO5.C4H6Cl2/c2*1-5-3-15-7(12)2-6(11-9(10)14)8(13)16-4-5;2*1-5-3-12-7(10)2-6(9)8(11)13-4-5;6-5(12)7-2(4(10)11)1-3(8)9;1-4(2-5)3-6/h5-6H,2-4H2,1H3,(H,11,14);6H,1-4H2,(H,11,14);5-6H,2-4,9H2,1H3;6H,1-4,9H2;2H,1H2,(H,7,12)(H,8,9)(H,10,11);1-3H2. The van der Waals surface area contributed by atoms with Crippen LogP contribution in [0.3, 0.4) is 0 Å². The number of hydrogen-bond donors (Lipinski definition) is 7. The summed E-state index contributed by atoms with van der Waals surface area (Å²) in [4.78, 5) is 141. The summed E-state index contributed by atoms with van der Waals surface area (Å²) in [6.07, 6.45) is -1.53. The Morgan fingerprint density at radius 2 is 0.895 bits per heavy atom. The van der Waals surface area contributed by atoms with Crippen LogP contribution in [0.1, 0.15) is 46.0 Å². The van der Waals surface area contributed by atoms with E-state index in [1.54, 1.807) is 12.2 Å². The van der Waals surface area contributed by atoms with Crippen molar-refractivity contribution < 1.29 is 110 Å². The zero-order chi connectivity index (χ0) is 58.7. The predicted octanol–water partition coefficient (Wildman–Crippen LogP) is -1.75. The summed E-state index contributed by atoms with van der Waals surface area (Å²) >= 11 is 10.5. The summed E-state index contributed by atoms with van der Waals surface area (Å²) in [7, 11) is 14.3. The van der Waals surface area contributed by atoms with Gasteiger partial charge in [-0.2, -0.15) is 0 Å². The molecule has 33 heteroatoms. The monoisotopic (exact) mass is 1120 g/mol. The first kappa shape index (κ1) is 71.1. The number of carbonyl (C=O) groups excluding carboxylic acids is 11. The number of nitrogens with two attached hydrogens (primary N) is 2. The molecule has 0 aromatic carbocycles. The molecule has 4 aliphatic heterocycles. The van der Waals surface area contributed by atoms with Gasteiger partial charge in [-0.05, 0) is 16.7 Å². The predicted molar refractivity (Wildman–Crippen MR) is 263 cm³/mol. The lowest BCUT2D eigenvalue weighted by atomic mass is 10.1. The number of carbonyl (C=O) groups is 13. The van der Waals surface area contributed by atoms with E-state index in [-0.39, 0.29) is 90.4 Å². The third kappa shape index (κ3) is 36.9. The number of carboxylic acid groups (broad SMARTS) is 2. The molecular formula is C43H58B3Cl2N5O23. The number of aliphatic carboxylic acids is 2. The van der Waals surface area contributed by atoms with E-state index in [1.165, 1.54) is 0 Å². The number of carboxylic acids is 2. The number of rotatable bonds is 8. The smallest absolute Gasteiger partial charge is 0.329 e. The van der Waals surface area contributed by atoms with Gasteiger partial charge in [0.25, 0.3) is 0 Å². The molecular weight excluding hydrogens is 1060 g/mol. The summed E-state index contributed by atoms with van der Waals surface area (Å²) in [5.74, 6) is -9.40. The first-order valence-electron chi connectivity index (χ1n) is 21.9. The van der Waals surface area contributed by atoms with Crippen LogP contribution in [0.2, 0.25) is 0 Å². The lowest BCUT2D eigenvalue weighted by molar-refractivity contribution is -0.149. The number of halogens is 2. The second-order valence-corrected chi connectivity index (χ2v) is 16.6. The van der Waals surface area contributed by atoms with Crippen LogP contribution in [-0.2, 0) is 85.8 Å². The summed E-state index contributed by atoms with van der Waals surface area (Å²) in [5, 5.41) is 22.5. The molecule has 416 valence electrons. The van der Waals surface area contributed by atoms with Crippen LogP contribution in [-0.4, -0.2) is 206 Å². The van der Waals surface area contributed by atoms with Crippen molar-refractivity contribution in [1.82, 2.24) is 16.0 Å². The largest absolute Gasteiger partial charge is 0.481 e. The molecule has 28 nitrogen and oxygen atoms in total. The maximum Gasteiger partial charge on any atom is 0.329 e. The summed E-state index contributed by atoms with van der Waals surface area (Å²) in [5.41, 5.74) is 12.6. The molecule has 0 spiro atoms. The van der Waals surface area contributed by atoms with Gasteiger partial charge in [0.2, 0.25) is 23.5 Å². The fourth-order valence-electron chi connectivity index (χ4n) is 4.63. The molecule has 76 heavy (non-hydrogen) atoms. The molecule has 4 saturated heterocycles. The third-order valence-electron chi connectivity index (χ3n) is 8.48. The molecule has 4 rings (SSSR count).